The highest BCUT2D eigenvalue weighted by atomic mass is 32.2. The molecule has 1 heterocycles. The summed E-state index contributed by atoms with van der Waals surface area (Å²) in [5.74, 6) is 0. The number of sulfone groups is 1. The third-order valence-electron chi connectivity index (χ3n) is 2.98. The number of hydrogen-bond donors (Lipinski definition) is 1. The highest BCUT2D eigenvalue weighted by Crippen LogP contribution is 2.40. The van der Waals surface area contributed by atoms with Gasteiger partial charge in [-0.15, -0.1) is 0 Å². The molecule has 2 aliphatic rings. The van der Waals surface area contributed by atoms with E-state index in [9.17, 15) is 8.42 Å². The topological polar surface area (TPSA) is 81.8 Å². The summed E-state index contributed by atoms with van der Waals surface area (Å²) in [5.41, 5.74) is 4.77. The first-order valence-corrected chi connectivity index (χ1v) is 6.57. The molecule has 0 bridgehead atoms. The summed E-state index contributed by atoms with van der Waals surface area (Å²) in [6.45, 7) is 0.385. The van der Waals surface area contributed by atoms with Crippen molar-refractivity contribution in [1.29, 1.82) is 0 Å². The number of hydrogen-bond acceptors (Lipinski definition) is 5. The van der Waals surface area contributed by atoms with E-state index in [-0.39, 0.29) is 6.02 Å². The van der Waals surface area contributed by atoms with Crippen LogP contribution in [0.4, 0.5) is 0 Å². The van der Waals surface area contributed by atoms with Gasteiger partial charge < -0.3 is 10.5 Å². The van der Waals surface area contributed by atoms with Crippen molar-refractivity contribution in [3.05, 3.63) is 0 Å². The van der Waals surface area contributed by atoms with Gasteiger partial charge in [0.1, 0.15) is 10.9 Å². The van der Waals surface area contributed by atoms with Gasteiger partial charge in [-0.3, -0.25) is 0 Å². The number of ether oxygens (including phenoxy) is 1. The molecule has 0 amide bonds. The molecular weight excluding hydrogens is 204 g/mol. The average molecular weight is 218 g/mol. The number of nitrogens with zero attached hydrogens (tertiary/aromatic N) is 1. The minimum Gasteiger partial charge on any atom is -0.455 e. The van der Waals surface area contributed by atoms with Gasteiger partial charge in [-0.25, -0.2) is 13.4 Å². The average Bonchev–Trinajstić information content (AvgIpc) is 2.59. The number of rotatable bonds is 1. The van der Waals surface area contributed by atoms with Gasteiger partial charge in [0.25, 0.3) is 6.02 Å². The Balaban J connectivity index is 2.29. The van der Waals surface area contributed by atoms with Crippen molar-refractivity contribution in [2.75, 3.05) is 12.8 Å². The third kappa shape index (κ3) is 1.37. The zero-order valence-corrected chi connectivity index (χ0v) is 8.88. The molecule has 2 unspecified atom stereocenters. The molecule has 1 aliphatic heterocycles. The Morgan fingerprint density at radius 2 is 2.36 bits per heavy atom. The van der Waals surface area contributed by atoms with Crippen LogP contribution in [-0.2, 0) is 14.6 Å². The fourth-order valence-corrected chi connectivity index (χ4v) is 4.01. The Labute approximate surface area is 83.3 Å². The number of aliphatic imine (C=N–C) groups is 1. The lowest BCUT2D eigenvalue weighted by Crippen LogP contribution is -2.46. The first-order valence-electron chi connectivity index (χ1n) is 4.62. The molecule has 0 aromatic rings. The van der Waals surface area contributed by atoms with Crippen molar-refractivity contribution in [2.45, 2.75) is 30.1 Å². The van der Waals surface area contributed by atoms with Crippen LogP contribution in [0.2, 0.25) is 0 Å². The van der Waals surface area contributed by atoms with Crippen LogP contribution in [0.3, 0.4) is 0 Å². The Bertz CT molecular complexity index is 376. The minimum atomic E-state index is -3.07. The lowest BCUT2D eigenvalue weighted by atomic mass is 10.0. The standard InChI is InChI=1S/C8H14N2O3S/c1-14(11,12)6-3-2-4-8(6)5-10-7(9)13-8/h6H,2-5H2,1H3,(H2,9,10). The van der Waals surface area contributed by atoms with Gasteiger partial charge in [0.05, 0.1) is 6.54 Å². The maximum Gasteiger partial charge on any atom is 0.282 e. The second-order valence-corrected chi connectivity index (χ2v) is 6.26. The fraction of sp³-hybridized carbons (Fsp3) is 0.875. The second-order valence-electron chi connectivity index (χ2n) is 4.03. The first-order chi connectivity index (χ1) is 6.44. The molecule has 1 fully saturated rings. The lowest BCUT2D eigenvalue weighted by Gasteiger charge is -2.28. The number of amidine groups is 1. The fourth-order valence-electron chi connectivity index (χ4n) is 2.40. The van der Waals surface area contributed by atoms with Gasteiger partial charge >= 0.3 is 0 Å². The van der Waals surface area contributed by atoms with Crippen molar-refractivity contribution in [1.82, 2.24) is 0 Å². The van der Waals surface area contributed by atoms with Crippen LogP contribution < -0.4 is 5.73 Å². The van der Waals surface area contributed by atoms with Crippen LogP contribution >= 0.6 is 0 Å². The van der Waals surface area contributed by atoms with Crippen molar-refractivity contribution >= 4 is 15.9 Å². The Hall–Kier alpha value is -0.780. The predicted molar refractivity (Wildman–Crippen MR) is 52.8 cm³/mol. The van der Waals surface area contributed by atoms with E-state index in [0.29, 0.717) is 13.0 Å². The molecule has 1 saturated carbocycles. The summed E-state index contributed by atoms with van der Waals surface area (Å²) >= 11 is 0. The van der Waals surface area contributed by atoms with E-state index >= 15 is 0 Å². The van der Waals surface area contributed by atoms with Crippen molar-refractivity contribution in [3.8, 4) is 0 Å². The first kappa shape index (κ1) is 9.76. The van der Waals surface area contributed by atoms with Gasteiger partial charge in [-0.2, -0.15) is 0 Å². The van der Waals surface area contributed by atoms with Gasteiger partial charge in [-0.1, -0.05) is 0 Å². The molecule has 0 aromatic heterocycles. The summed E-state index contributed by atoms with van der Waals surface area (Å²) in [6, 6.07) is 0.126. The molecule has 5 nitrogen and oxygen atoms in total. The van der Waals surface area contributed by atoms with E-state index in [0.717, 1.165) is 12.8 Å². The molecular formula is C8H14N2O3S. The SMILES string of the molecule is CS(=O)(=O)C1CCCC12CN=C(N)O2. The van der Waals surface area contributed by atoms with E-state index in [2.05, 4.69) is 4.99 Å². The van der Waals surface area contributed by atoms with E-state index in [4.69, 9.17) is 10.5 Å². The Morgan fingerprint density at radius 3 is 2.86 bits per heavy atom. The molecule has 2 N–H and O–H groups in total. The summed E-state index contributed by atoms with van der Waals surface area (Å²) in [7, 11) is -3.07. The Kier molecular flexibility index (Phi) is 1.99. The molecule has 0 radical (unpaired) electrons. The van der Waals surface area contributed by atoms with Gasteiger partial charge in [0.15, 0.2) is 9.84 Å². The molecule has 80 valence electrons. The highest BCUT2D eigenvalue weighted by molar-refractivity contribution is 7.91. The molecule has 2 rings (SSSR count). The molecule has 0 aromatic carbocycles. The van der Waals surface area contributed by atoms with E-state index in [1.165, 1.54) is 6.26 Å². The molecule has 2 atom stereocenters. The van der Waals surface area contributed by atoms with Crippen LogP contribution in [0.1, 0.15) is 19.3 Å². The monoisotopic (exact) mass is 218 g/mol. The number of nitrogens with two attached hydrogens (primary N) is 1. The normalized spacial score (nSPS) is 37.2. The highest BCUT2D eigenvalue weighted by Gasteiger charge is 2.52. The largest absolute Gasteiger partial charge is 0.455 e. The summed E-state index contributed by atoms with van der Waals surface area (Å²) in [5, 5.41) is -0.445. The molecule has 1 aliphatic carbocycles. The molecule has 14 heavy (non-hydrogen) atoms. The molecule has 6 heteroatoms. The summed E-state index contributed by atoms with van der Waals surface area (Å²) in [4.78, 5) is 3.94. The molecule has 1 spiro atoms. The summed E-state index contributed by atoms with van der Waals surface area (Å²) < 4.78 is 28.5. The maximum absolute atomic E-state index is 11.5. The van der Waals surface area contributed by atoms with Crippen LogP contribution in [-0.4, -0.2) is 38.1 Å². The zero-order valence-electron chi connectivity index (χ0n) is 8.06. The summed E-state index contributed by atoms with van der Waals surface area (Å²) in [6.07, 6.45) is 3.50. The van der Waals surface area contributed by atoms with E-state index in [1.54, 1.807) is 0 Å². The van der Waals surface area contributed by atoms with Crippen molar-refractivity contribution in [2.24, 2.45) is 10.7 Å². The molecule has 0 saturated heterocycles. The van der Waals surface area contributed by atoms with Crippen LogP contribution in [0.15, 0.2) is 4.99 Å². The van der Waals surface area contributed by atoms with Crippen molar-refractivity contribution in [3.63, 3.8) is 0 Å². The maximum atomic E-state index is 11.5. The van der Waals surface area contributed by atoms with Crippen LogP contribution in [0.25, 0.3) is 0 Å². The zero-order chi connectivity index (χ0) is 10.4. The smallest absolute Gasteiger partial charge is 0.282 e. The third-order valence-corrected chi connectivity index (χ3v) is 4.68. The minimum absolute atomic E-state index is 0.126. The Morgan fingerprint density at radius 1 is 1.64 bits per heavy atom. The second kappa shape index (κ2) is 2.85. The van der Waals surface area contributed by atoms with Crippen molar-refractivity contribution < 1.29 is 13.2 Å². The van der Waals surface area contributed by atoms with E-state index < -0.39 is 20.7 Å². The van der Waals surface area contributed by atoms with Gasteiger partial charge in [-0.05, 0) is 19.3 Å². The lowest BCUT2D eigenvalue weighted by molar-refractivity contribution is 0.0967. The quantitative estimate of drug-likeness (QED) is 0.653. The predicted octanol–water partition coefficient (Wildman–Crippen LogP) is -0.333. The van der Waals surface area contributed by atoms with Gasteiger partial charge in [0.2, 0.25) is 0 Å². The van der Waals surface area contributed by atoms with Gasteiger partial charge in [0, 0.05) is 6.26 Å². The van der Waals surface area contributed by atoms with Crippen LogP contribution in [0, 0.1) is 0 Å². The van der Waals surface area contributed by atoms with Crippen LogP contribution in [0.5, 0.6) is 0 Å². The van der Waals surface area contributed by atoms with E-state index in [1.807, 2.05) is 0 Å².